The summed E-state index contributed by atoms with van der Waals surface area (Å²) in [5.41, 5.74) is 3.91. The van der Waals surface area contributed by atoms with Crippen molar-refractivity contribution in [1.29, 1.82) is 0 Å². The molecule has 0 bridgehead atoms. The molecule has 20 heavy (non-hydrogen) atoms. The second kappa shape index (κ2) is 5.15. The predicted molar refractivity (Wildman–Crippen MR) is 82.7 cm³/mol. The van der Waals surface area contributed by atoms with Gasteiger partial charge in [-0.15, -0.1) is 0 Å². The Balaban J connectivity index is 2.16. The molecule has 0 radical (unpaired) electrons. The van der Waals surface area contributed by atoms with E-state index in [1.54, 1.807) is 0 Å². The van der Waals surface area contributed by atoms with Gasteiger partial charge in [-0.3, -0.25) is 0 Å². The standard InChI is InChI=1S/C16H16BNO2/c1-12-11-16(17(19)20)18(13-7-3-2-4-8-13)15-10-6-5-9-14(12)15/h2-10,16,19-20H,1,11H2. The quantitative estimate of drug-likeness (QED) is 0.820. The fourth-order valence-electron chi connectivity index (χ4n) is 2.77. The number of fused-ring (bicyclic) bond motifs is 1. The van der Waals surface area contributed by atoms with Gasteiger partial charge in [-0.05, 0) is 30.2 Å². The van der Waals surface area contributed by atoms with Gasteiger partial charge < -0.3 is 14.9 Å². The molecule has 1 heterocycles. The van der Waals surface area contributed by atoms with E-state index >= 15 is 0 Å². The first kappa shape index (κ1) is 13.0. The molecule has 2 aromatic carbocycles. The summed E-state index contributed by atoms with van der Waals surface area (Å²) >= 11 is 0. The van der Waals surface area contributed by atoms with E-state index in [1.165, 1.54) is 0 Å². The van der Waals surface area contributed by atoms with Crippen LogP contribution in [0.4, 0.5) is 11.4 Å². The van der Waals surface area contributed by atoms with E-state index in [-0.39, 0.29) is 0 Å². The second-order valence-electron chi connectivity index (χ2n) is 5.01. The number of anilines is 2. The zero-order valence-electron chi connectivity index (χ0n) is 11.1. The van der Waals surface area contributed by atoms with Crippen LogP contribution >= 0.6 is 0 Å². The van der Waals surface area contributed by atoms with Gasteiger partial charge in [0.1, 0.15) is 0 Å². The summed E-state index contributed by atoms with van der Waals surface area (Å²) in [5, 5.41) is 19.5. The van der Waals surface area contributed by atoms with E-state index in [2.05, 4.69) is 6.58 Å². The fourth-order valence-corrected chi connectivity index (χ4v) is 2.77. The monoisotopic (exact) mass is 265 g/mol. The number of hydrogen-bond acceptors (Lipinski definition) is 3. The van der Waals surface area contributed by atoms with Gasteiger partial charge in [-0.1, -0.05) is 43.0 Å². The number of nitrogens with zero attached hydrogens (tertiary/aromatic N) is 1. The van der Waals surface area contributed by atoms with Crippen LogP contribution in [0.5, 0.6) is 0 Å². The molecule has 0 spiro atoms. The van der Waals surface area contributed by atoms with E-state index in [0.29, 0.717) is 6.42 Å². The lowest BCUT2D eigenvalue weighted by molar-refractivity contribution is 0.386. The zero-order valence-corrected chi connectivity index (χ0v) is 11.1. The SMILES string of the molecule is C=C1CC(B(O)O)N(c2ccccc2)c2ccccc21. The third-order valence-electron chi connectivity index (χ3n) is 3.71. The lowest BCUT2D eigenvalue weighted by Crippen LogP contribution is -2.46. The number of benzene rings is 2. The van der Waals surface area contributed by atoms with Gasteiger partial charge >= 0.3 is 7.12 Å². The minimum atomic E-state index is -1.42. The topological polar surface area (TPSA) is 43.7 Å². The average Bonchev–Trinajstić information content (AvgIpc) is 2.48. The van der Waals surface area contributed by atoms with Gasteiger partial charge in [-0.2, -0.15) is 0 Å². The summed E-state index contributed by atoms with van der Waals surface area (Å²) in [5.74, 6) is -0.417. The maximum Gasteiger partial charge on any atom is 0.476 e. The first-order valence-corrected chi connectivity index (χ1v) is 6.66. The van der Waals surface area contributed by atoms with Gasteiger partial charge in [0.15, 0.2) is 0 Å². The van der Waals surface area contributed by atoms with Crippen molar-refractivity contribution >= 4 is 24.1 Å². The zero-order chi connectivity index (χ0) is 14.1. The Morgan fingerprint density at radius 2 is 1.65 bits per heavy atom. The lowest BCUT2D eigenvalue weighted by Gasteiger charge is -2.39. The van der Waals surface area contributed by atoms with Crippen LogP contribution in [0, 0.1) is 0 Å². The molecule has 100 valence electrons. The first-order valence-electron chi connectivity index (χ1n) is 6.66. The molecule has 0 aromatic heterocycles. The summed E-state index contributed by atoms with van der Waals surface area (Å²) in [7, 11) is -1.42. The van der Waals surface area contributed by atoms with Crippen LogP contribution in [0.1, 0.15) is 12.0 Å². The Morgan fingerprint density at radius 1 is 1.00 bits per heavy atom. The van der Waals surface area contributed by atoms with Crippen molar-refractivity contribution in [3.63, 3.8) is 0 Å². The molecule has 1 aliphatic rings. The van der Waals surface area contributed by atoms with Crippen LogP contribution in [0.3, 0.4) is 0 Å². The van der Waals surface area contributed by atoms with Crippen molar-refractivity contribution in [2.24, 2.45) is 0 Å². The molecule has 3 nitrogen and oxygen atoms in total. The Bertz CT molecular complexity index is 627. The number of rotatable bonds is 2. The van der Waals surface area contributed by atoms with Crippen LogP contribution in [-0.4, -0.2) is 23.1 Å². The summed E-state index contributed by atoms with van der Waals surface area (Å²) in [6, 6.07) is 17.7. The minimum absolute atomic E-state index is 0.417. The molecule has 0 saturated heterocycles. The van der Waals surface area contributed by atoms with Crippen LogP contribution < -0.4 is 4.90 Å². The summed E-state index contributed by atoms with van der Waals surface area (Å²) in [6.45, 7) is 4.07. The molecule has 1 unspecified atom stereocenters. The normalized spacial score (nSPS) is 17.8. The molecule has 0 fully saturated rings. The molecule has 0 aliphatic carbocycles. The van der Waals surface area contributed by atoms with Gasteiger partial charge in [-0.25, -0.2) is 0 Å². The van der Waals surface area contributed by atoms with Crippen molar-refractivity contribution in [2.45, 2.75) is 12.4 Å². The smallest absolute Gasteiger partial charge is 0.426 e. The van der Waals surface area contributed by atoms with E-state index in [1.807, 2.05) is 59.5 Å². The average molecular weight is 265 g/mol. The largest absolute Gasteiger partial charge is 0.476 e. The minimum Gasteiger partial charge on any atom is -0.426 e. The Labute approximate surface area is 118 Å². The summed E-state index contributed by atoms with van der Waals surface area (Å²) in [6.07, 6.45) is 0.531. The Morgan fingerprint density at radius 3 is 2.35 bits per heavy atom. The Kier molecular flexibility index (Phi) is 3.34. The lowest BCUT2D eigenvalue weighted by atomic mass is 9.71. The van der Waals surface area contributed by atoms with E-state index in [4.69, 9.17) is 0 Å². The molecule has 1 atom stereocenters. The summed E-state index contributed by atoms with van der Waals surface area (Å²) < 4.78 is 0. The molecule has 0 saturated carbocycles. The molecular formula is C16H16BNO2. The highest BCUT2D eigenvalue weighted by Gasteiger charge is 2.36. The first-order chi connectivity index (χ1) is 9.68. The molecule has 2 N–H and O–H groups in total. The van der Waals surface area contributed by atoms with Crippen LogP contribution in [0.2, 0.25) is 0 Å². The van der Waals surface area contributed by atoms with Crippen LogP contribution in [-0.2, 0) is 0 Å². The van der Waals surface area contributed by atoms with E-state index in [9.17, 15) is 10.0 Å². The van der Waals surface area contributed by atoms with Crippen molar-refractivity contribution in [3.8, 4) is 0 Å². The molecular weight excluding hydrogens is 249 g/mol. The molecule has 0 amide bonds. The molecule has 1 aliphatic heterocycles. The van der Waals surface area contributed by atoms with Crippen molar-refractivity contribution in [3.05, 3.63) is 66.7 Å². The number of para-hydroxylation sites is 2. The van der Waals surface area contributed by atoms with E-state index in [0.717, 1.165) is 22.5 Å². The van der Waals surface area contributed by atoms with Gasteiger partial charge in [0.05, 0.1) is 5.94 Å². The predicted octanol–water partition coefficient (Wildman–Crippen LogP) is 2.62. The van der Waals surface area contributed by atoms with Crippen molar-refractivity contribution in [1.82, 2.24) is 0 Å². The van der Waals surface area contributed by atoms with Crippen LogP contribution in [0.15, 0.2) is 61.2 Å². The summed E-state index contributed by atoms with van der Waals surface area (Å²) in [4.78, 5) is 1.98. The molecule has 3 rings (SSSR count). The van der Waals surface area contributed by atoms with Gasteiger partial charge in [0.25, 0.3) is 0 Å². The Hall–Kier alpha value is -2.04. The van der Waals surface area contributed by atoms with Gasteiger partial charge in [0, 0.05) is 16.9 Å². The third-order valence-corrected chi connectivity index (χ3v) is 3.71. The van der Waals surface area contributed by atoms with E-state index < -0.39 is 13.1 Å². The fraction of sp³-hybridized carbons (Fsp3) is 0.125. The van der Waals surface area contributed by atoms with Gasteiger partial charge in [0.2, 0.25) is 0 Å². The highest BCUT2D eigenvalue weighted by atomic mass is 16.4. The maximum atomic E-state index is 9.73. The highest BCUT2D eigenvalue weighted by Crippen LogP contribution is 2.41. The van der Waals surface area contributed by atoms with Crippen molar-refractivity contribution < 1.29 is 10.0 Å². The molecule has 4 heteroatoms. The number of hydrogen-bond donors (Lipinski definition) is 2. The third kappa shape index (κ3) is 2.13. The molecule has 2 aromatic rings. The maximum absolute atomic E-state index is 9.73. The second-order valence-corrected chi connectivity index (χ2v) is 5.01. The van der Waals surface area contributed by atoms with Crippen molar-refractivity contribution in [2.75, 3.05) is 4.90 Å². The highest BCUT2D eigenvalue weighted by molar-refractivity contribution is 6.45. The van der Waals surface area contributed by atoms with Crippen LogP contribution in [0.25, 0.3) is 5.57 Å².